The first kappa shape index (κ1) is 13.6. The van der Waals surface area contributed by atoms with Crippen molar-refractivity contribution in [3.05, 3.63) is 59.9 Å². The Morgan fingerprint density at radius 2 is 1.81 bits per heavy atom. The molecular formula is C16H14ClN3O. The molecule has 1 N–H and O–H groups in total. The fourth-order valence-corrected chi connectivity index (χ4v) is 2.23. The molecular weight excluding hydrogens is 286 g/mol. The quantitative estimate of drug-likeness (QED) is 0.728. The number of rotatable bonds is 5. The molecule has 1 aromatic heterocycles. The van der Waals surface area contributed by atoms with Crippen LogP contribution in [0.25, 0.3) is 10.9 Å². The van der Waals surface area contributed by atoms with Crippen LogP contribution in [0, 0.1) is 0 Å². The number of fused-ring (bicyclic) bond motifs is 1. The normalized spacial score (nSPS) is 10.5. The summed E-state index contributed by atoms with van der Waals surface area (Å²) < 4.78 is 5.63. The van der Waals surface area contributed by atoms with Crippen LogP contribution in [0.3, 0.4) is 0 Å². The van der Waals surface area contributed by atoms with Gasteiger partial charge in [0.25, 0.3) is 0 Å². The molecule has 106 valence electrons. The van der Waals surface area contributed by atoms with Crippen molar-refractivity contribution >= 4 is 28.3 Å². The number of hydrogen-bond donors (Lipinski definition) is 1. The molecule has 0 spiro atoms. The third-order valence-corrected chi connectivity index (χ3v) is 3.34. The van der Waals surface area contributed by atoms with Crippen molar-refractivity contribution in [1.29, 1.82) is 0 Å². The van der Waals surface area contributed by atoms with Crippen LogP contribution in [-0.2, 0) is 0 Å². The first-order valence-corrected chi connectivity index (χ1v) is 7.03. The predicted octanol–water partition coefficient (Wildman–Crippen LogP) is 3.77. The maximum atomic E-state index is 6.03. The molecule has 0 amide bonds. The fourth-order valence-electron chi connectivity index (χ4n) is 2.04. The second kappa shape index (κ2) is 6.41. The minimum Gasteiger partial charge on any atom is -0.490 e. The summed E-state index contributed by atoms with van der Waals surface area (Å²) in [6.07, 6.45) is 1.56. The summed E-state index contributed by atoms with van der Waals surface area (Å²) in [6.45, 7) is 1.13. The van der Waals surface area contributed by atoms with Gasteiger partial charge in [-0.15, -0.1) is 0 Å². The molecule has 2 aromatic carbocycles. The number of benzene rings is 2. The summed E-state index contributed by atoms with van der Waals surface area (Å²) in [6, 6.07) is 15.3. The Balaban J connectivity index is 1.61. The Morgan fingerprint density at radius 3 is 2.71 bits per heavy atom. The molecule has 0 radical (unpaired) electrons. The van der Waals surface area contributed by atoms with Crippen LogP contribution in [0.2, 0.25) is 5.02 Å². The highest BCUT2D eigenvalue weighted by Gasteiger charge is 2.03. The summed E-state index contributed by atoms with van der Waals surface area (Å²) in [7, 11) is 0. The molecule has 0 unspecified atom stereocenters. The zero-order valence-corrected chi connectivity index (χ0v) is 12.0. The maximum Gasteiger partial charge on any atom is 0.137 e. The predicted molar refractivity (Wildman–Crippen MR) is 85.0 cm³/mol. The van der Waals surface area contributed by atoms with Crippen LogP contribution in [0.1, 0.15) is 0 Å². The van der Waals surface area contributed by atoms with Crippen LogP contribution < -0.4 is 10.1 Å². The van der Waals surface area contributed by atoms with E-state index in [1.807, 2.05) is 48.5 Å². The van der Waals surface area contributed by atoms with Crippen molar-refractivity contribution in [3.63, 3.8) is 0 Å². The van der Waals surface area contributed by atoms with Crippen molar-refractivity contribution in [2.24, 2.45) is 0 Å². The van der Waals surface area contributed by atoms with E-state index in [4.69, 9.17) is 16.3 Å². The van der Waals surface area contributed by atoms with Crippen molar-refractivity contribution in [3.8, 4) is 5.75 Å². The fraction of sp³-hybridized carbons (Fsp3) is 0.125. The van der Waals surface area contributed by atoms with Gasteiger partial charge in [-0.2, -0.15) is 0 Å². The maximum absolute atomic E-state index is 6.03. The van der Waals surface area contributed by atoms with Gasteiger partial charge >= 0.3 is 0 Å². The molecule has 0 aliphatic rings. The second-order valence-corrected chi connectivity index (χ2v) is 4.85. The highest BCUT2D eigenvalue weighted by Crippen LogP contribution is 2.23. The average Bonchev–Trinajstić information content (AvgIpc) is 2.53. The highest BCUT2D eigenvalue weighted by molar-refractivity contribution is 6.32. The van der Waals surface area contributed by atoms with E-state index in [0.717, 1.165) is 16.7 Å². The molecule has 5 heteroatoms. The van der Waals surface area contributed by atoms with E-state index >= 15 is 0 Å². The molecule has 1 heterocycles. The number of hydrogen-bond acceptors (Lipinski definition) is 4. The highest BCUT2D eigenvalue weighted by atomic mass is 35.5. The summed E-state index contributed by atoms with van der Waals surface area (Å²) in [4.78, 5) is 8.49. The van der Waals surface area contributed by atoms with Gasteiger partial charge in [0.05, 0.1) is 17.1 Å². The van der Waals surface area contributed by atoms with Gasteiger partial charge in [-0.3, -0.25) is 0 Å². The van der Waals surface area contributed by atoms with Gasteiger partial charge in [0.15, 0.2) is 0 Å². The third-order valence-electron chi connectivity index (χ3n) is 3.03. The minimum absolute atomic E-state index is 0.502. The monoisotopic (exact) mass is 299 g/mol. The number of ether oxygens (including phenoxy) is 1. The van der Waals surface area contributed by atoms with Crippen LogP contribution in [0.15, 0.2) is 54.9 Å². The molecule has 4 nitrogen and oxygen atoms in total. The van der Waals surface area contributed by atoms with Gasteiger partial charge in [-0.05, 0) is 24.3 Å². The Hall–Kier alpha value is -2.33. The van der Waals surface area contributed by atoms with Crippen LogP contribution in [-0.4, -0.2) is 23.1 Å². The molecule has 0 aliphatic carbocycles. The van der Waals surface area contributed by atoms with Crippen molar-refractivity contribution < 1.29 is 4.74 Å². The number of aromatic nitrogens is 2. The number of nitrogens with zero attached hydrogens (tertiary/aromatic N) is 2. The lowest BCUT2D eigenvalue weighted by molar-refractivity contribution is 0.333. The van der Waals surface area contributed by atoms with Gasteiger partial charge in [0.1, 0.15) is 24.5 Å². The molecule has 0 bridgehead atoms. The second-order valence-electron chi connectivity index (χ2n) is 4.45. The minimum atomic E-state index is 0.502. The number of anilines is 1. The van der Waals surface area contributed by atoms with E-state index in [-0.39, 0.29) is 0 Å². The van der Waals surface area contributed by atoms with Gasteiger partial charge in [-0.25, -0.2) is 9.97 Å². The summed E-state index contributed by atoms with van der Waals surface area (Å²) >= 11 is 6.03. The van der Waals surface area contributed by atoms with Gasteiger partial charge in [0, 0.05) is 5.39 Å². The molecule has 21 heavy (non-hydrogen) atoms. The average molecular weight is 300 g/mol. The molecule has 0 saturated heterocycles. The van der Waals surface area contributed by atoms with E-state index < -0.39 is 0 Å². The van der Waals surface area contributed by atoms with Crippen molar-refractivity contribution in [1.82, 2.24) is 9.97 Å². The summed E-state index contributed by atoms with van der Waals surface area (Å²) in [5.74, 6) is 1.50. The SMILES string of the molecule is Clc1ccccc1OCCNc1ncnc2ccccc12. The largest absolute Gasteiger partial charge is 0.490 e. The van der Waals surface area contributed by atoms with E-state index in [2.05, 4.69) is 15.3 Å². The molecule has 0 aliphatic heterocycles. The van der Waals surface area contributed by atoms with Gasteiger partial charge < -0.3 is 10.1 Å². The lowest BCUT2D eigenvalue weighted by Gasteiger charge is -2.10. The van der Waals surface area contributed by atoms with E-state index in [1.54, 1.807) is 6.33 Å². The molecule has 3 aromatic rings. The number of nitrogens with one attached hydrogen (secondary N) is 1. The first-order valence-electron chi connectivity index (χ1n) is 6.65. The zero-order chi connectivity index (χ0) is 14.5. The Labute approximate surface area is 127 Å². The van der Waals surface area contributed by atoms with Crippen LogP contribution in [0.5, 0.6) is 5.75 Å². The zero-order valence-electron chi connectivity index (χ0n) is 11.3. The lowest BCUT2D eigenvalue weighted by atomic mass is 10.2. The molecule has 0 fully saturated rings. The first-order chi connectivity index (χ1) is 10.3. The number of para-hydroxylation sites is 2. The van der Waals surface area contributed by atoms with Crippen molar-refractivity contribution in [2.45, 2.75) is 0 Å². The molecule has 3 rings (SSSR count). The summed E-state index contributed by atoms with van der Waals surface area (Å²) in [5.41, 5.74) is 0.919. The van der Waals surface area contributed by atoms with Gasteiger partial charge in [-0.1, -0.05) is 35.9 Å². The third kappa shape index (κ3) is 3.23. The summed E-state index contributed by atoms with van der Waals surface area (Å²) in [5, 5.41) is 4.87. The Bertz CT molecular complexity index is 743. The Kier molecular flexibility index (Phi) is 4.17. The number of halogens is 1. The van der Waals surface area contributed by atoms with Crippen molar-refractivity contribution in [2.75, 3.05) is 18.5 Å². The topological polar surface area (TPSA) is 47.0 Å². The van der Waals surface area contributed by atoms with Crippen LogP contribution in [0.4, 0.5) is 5.82 Å². The standard InChI is InChI=1S/C16H14ClN3O/c17-13-6-2-4-8-15(13)21-10-9-18-16-12-5-1-3-7-14(12)19-11-20-16/h1-8,11H,9-10H2,(H,18,19,20). The van der Waals surface area contributed by atoms with Crippen LogP contribution >= 0.6 is 11.6 Å². The van der Waals surface area contributed by atoms with E-state index in [0.29, 0.717) is 23.9 Å². The lowest BCUT2D eigenvalue weighted by Crippen LogP contribution is -2.12. The van der Waals surface area contributed by atoms with Gasteiger partial charge in [0.2, 0.25) is 0 Å². The van der Waals surface area contributed by atoms with E-state index in [1.165, 1.54) is 0 Å². The van der Waals surface area contributed by atoms with E-state index in [9.17, 15) is 0 Å². The Morgan fingerprint density at radius 1 is 1.00 bits per heavy atom. The smallest absolute Gasteiger partial charge is 0.137 e. The molecule has 0 saturated carbocycles. The molecule has 0 atom stereocenters.